The molecule has 0 saturated carbocycles. The van der Waals surface area contributed by atoms with E-state index in [0.29, 0.717) is 6.04 Å². The van der Waals surface area contributed by atoms with Crippen LogP contribution >= 0.6 is 0 Å². The highest BCUT2D eigenvalue weighted by molar-refractivity contribution is 5.46. The minimum absolute atomic E-state index is 0.385. The number of nitrogens with two attached hydrogens (primary N) is 1. The van der Waals surface area contributed by atoms with Gasteiger partial charge in [0.25, 0.3) is 0 Å². The summed E-state index contributed by atoms with van der Waals surface area (Å²) >= 11 is 0. The fraction of sp³-hybridized carbons (Fsp3) is 0.545. The molecule has 2 heterocycles. The van der Waals surface area contributed by atoms with Crippen LogP contribution in [0, 0.1) is 6.92 Å². The van der Waals surface area contributed by atoms with Crippen molar-refractivity contribution in [3.8, 4) is 0 Å². The number of rotatable bonds is 1. The maximum absolute atomic E-state index is 5.87. The van der Waals surface area contributed by atoms with E-state index in [2.05, 4.69) is 22.9 Å². The lowest BCUT2D eigenvalue weighted by atomic mass is 10.1. The highest BCUT2D eigenvalue weighted by atomic mass is 15.2. The van der Waals surface area contributed by atoms with Gasteiger partial charge in [-0.05, 0) is 31.4 Å². The van der Waals surface area contributed by atoms with Gasteiger partial charge < -0.3 is 10.6 Å². The lowest BCUT2D eigenvalue weighted by Crippen LogP contribution is -2.40. The molecule has 0 radical (unpaired) electrons. The van der Waals surface area contributed by atoms with Crippen molar-refractivity contribution < 1.29 is 0 Å². The Hall–Kier alpha value is -1.09. The van der Waals surface area contributed by atoms with Gasteiger partial charge in [-0.2, -0.15) is 0 Å². The SMILES string of the molecule is Cc1cccnc1N1CCC(N)CC1. The number of aromatic nitrogens is 1. The van der Waals surface area contributed by atoms with Crippen molar-refractivity contribution in [2.45, 2.75) is 25.8 Å². The summed E-state index contributed by atoms with van der Waals surface area (Å²) in [5.74, 6) is 1.12. The van der Waals surface area contributed by atoms with Crippen LogP contribution in [0.1, 0.15) is 18.4 Å². The van der Waals surface area contributed by atoms with Gasteiger partial charge in [-0.25, -0.2) is 4.98 Å². The van der Waals surface area contributed by atoms with Crippen LogP contribution < -0.4 is 10.6 Å². The second-order valence-electron chi connectivity index (χ2n) is 3.97. The number of nitrogens with zero attached hydrogens (tertiary/aromatic N) is 2. The second-order valence-corrected chi connectivity index (χ2v) is 3.97. The monoisotopic (exact) mass is 191 g/mol. The molecule has 0 atom stereocenters. The summed E-state index contributed by atoms with van der Waals surface area (Å²) in [6, 6.07) is 4.47. The summed E-state index contributed by atoms with van der Waals surface area (Å²) in [6.45, 7) is 4.19. The van der Waals surface area contributed by atoms with E-state index in [9.17, 15) is 0 Å². The van der Waals surface area contributed by atoms with Crippen LogP contribution in [0.4, 0.5) is 5.82 Å². The van der Waals surface area contributed by atoms with Crippen LogP contribution in [0.5, 0.6) is 0 Å². The summed E-state index contributed by atoms with van der Waals surface area (Å²) in [6.07, 6.45) is 4.02. The Morgan fingerprint density at radius 2 is 2.14 bits per heavy atom. The van der Waals surface area contributed by atoms with E-state index in [1.54, 1.807) is 0 Å². The first-order chi connectivity index (χ1) is 6.77. The standard InChI is InChI=1S/C11H17N3/c1-9-3-2-6-13-11(9)14-7-4-10(12)5-8-14/h2-3,6,10H,4-5,7-8,12H2,1H3. The third-order valence-corrected chi connectivity index (χ3v) is 2.82. The Kier molecular flexibility index (Phi) is 2.68. The molecular formula is C11H17N3. The minimum atomic E-state index is 0.385. The molecule has 14 heavy (non-hydrogen) atoms. The van der Waals surface area contributed by atoms with E-state index >= 15 is 0 Å². The van der Waals surface area contributed by atoms with Crippen LogP contribution in [0.25, 0.3) is 0 Å². The van der Waals surface area contributed by atoms with Gasteiger partial charge in [0.2, 0.25) is 0 Å². The minimum Gasteiger partial charge on any atom is -0.356 e. The van der Waals surface area contributed by atoms with E-state index < -0.39 is 0 Å². The fourth-order valence-electron chi connectivity index (χ4n) is 1.92. The predicted molar refractivity (Wildman–Crippen MR) is 58.4 cm³/mol. The summed E-state index contributed by atoms with van der Waals surface area (Å²) in [7, 11) is 0. The quantitative estimate of drug-likeness (QED) is 0.728. The molecule has 0 aromatic carbocycles. The normalized spacial score (nSPS) is 18.6. The average molecular weight is 191 g/mol. The van der Waals surface area contributed by atoms with Crippen molar-refractivity contribution >= 4 is 5.82 Å². The smallest absolute Gasteiger partial charge is 0.131 e. The zero-order valence-electron chi connectivity index (χ0n) is 8.61. The third-order valence-electron chi connectivity index (χ3n) is 2.82. The van der Waals surface area contributed by atoms with Gasteiger partial charge in [0.05, 0.1) is 0 Å². The van der Waals surface area contributed by atoms with E-state index in [1.165, 1.54) is 5.56 Å². The Balaban J connectivity index is 2.12. The molecular weight excluding hydrogens is 174 g/mol. The number of aryl methyl sites for hydroxylation is 1. The van der Waals surface area contributed by atoms with Crippen LogP contribution in [0.15, 0.2) is 18.3 Å². The summed E-state index contributed by atoms with van der Waals surface area (Å²) in [5.41, 5.74) is 7.12. The second kappa shape index (κ2) is 3.96. The van der Waals surface area contributed by atoms with Crippen molar-refractivity contribution in [2.75, 3.05) is 18.0 Å². The molecule has 1 saturated heterocycles. The number of hydrogen-bond acceptors (Lipinski definition) is 3. The Morgan fingerprint density at radius 1 is 1.43 bits per heavy atom. The number of piperidine rings is 1. The predicted octanol–water partition coefficient (Wildman–Crippen LogP) is 1.32. The molecule has 1 aromatic rings. The van der Waals surface area contributed by atoms with Crippen molar-refractivity contribution in [1.29, 1.82) is 0 Å². The Bertz CT molecular complexity index is 303. The van der Waals surface area contributed by atoms with Crippen molar-refractivity contribution in [2.24, 2.45) is 5.73 Å². The molecule has 76 valence electrons. The van der Waals surface area contributed by atoms with E-state index in [1.807, 2.05) is 12.3 Å². The van der Waals surface area contributed by atoms with Crippen LogP contribution in [0.3, 0.4) is 0 Å². The van der Waals surface area contributed by atoms with E-state index in [4.69, 9.17) is 5.73 Å². The molecule has 3 nitrogen and oxygen atoms in total. The van der Waals surface area contributed by atoms with Gasteiger partial charge in [-0.15, -0.1) is 0 Å². The zero-order valence-corrected chi connectivity index (χ0v) is 8.61. The first kappa shape index (κ1) is 9.46. The maximum atomic E-state index is 5.87. The van der Waals surface area contributed by atoms with Crippen LogP contribution in [-0.2, 0) is 0 Å². The third kappa shape index (κ3) is 1.87. The highest BCUT2D eigenvalue weighted by Crippen LogP contribution is 2.19. The first-order valence-electron chi connectivity index (χ1n) is 5.19. The van der Waals surface area contributed by atoms with Crippen molar-refractivity contribution in [3.63, 3.8) is 0 Å². The maximum Gasteiger partial charge on any atom is 0.131 e. The summed E-state index contributed by atoms with van der Waals surface area (Å²) < 4.78 is 0. The number of anilines is 1. The Labute approximate surface area is 84.9 Å². The molecule has 0 bridgehead atoms. The largest absolute Gasteiger partial charge is 0.356 e. The molecule has 2 N–H and O–H groups in total. The molecule has 0 amide bonds. The van der Waals surface area contributed by atoms with Crippen molar-refractivity contribution in [1.82, 2.24) is 4.98 Å². The van der Waals surface area contributed by atoms with Gasteiger partial charge in [-0.1, -0.05) is 6.07 Å². The van der Waals surface area contributed by atoms with Gasteiger partial charge >= 0.3 is 0 Å². The van der Waals surface area contributed by atoms with Gasteiger partial charge in [-0.3, -0.25) is 0 Å². The first-order valence-corrected chi connectivity index (χ1v) is 5.19. The fourth-order valence-corrected chi connectivity index (χ4v) is 1.92. The highest BCUT2D eigenvalue weighted by Gasteiger charge is 2.17. The Morgan fingerprint density at radius 3 is 2.79 bits per heavy atom. The molecule has 0 aliphatic carbocycles. The van der Waals surface area contributed by atoms with Crippen LogP contribution in [-0.4, -0.2) is 24.1 Å². The topological polar surface area (TPSA) is 42.2 Å². The lowest BCUT2D eigenvalue weighted by molar-refractivity contribution is 0.498. The molecule has 0 unspecified atom stereocenters. The van der Waals surface area contributed by atoms with Crippen molar-refractivity contribution in [3.05, 3.63) is 23.9 Å². The number of pyridine rings is 1. The summed E-state index contributed by atoms with van der Waals surface area (Å²) in [4.78, 5) is 6.74. The van der Waals surface area contributed by atoms with Crippen LogP contribution in [0.2, 0.25) is 0 Å². The van der Waals surface area contributed by atoms with E-state index in [-0.39, 0.29) is 0 Å². The molecule has 2 rings (SSSR count). The van der Waals surface area contributed by atoms with Gasteiger partial charge in [0, 0.05) is 25.3 Å². The lowest BCUT2D eigenvalue weighted by Gasteiger charge is -2.31. The average Bonchev–Trinajstić information content (AvgIpc) is 2.20. The summed E-state index contributed by atoms with van der Waals surface area (Å²) in [5, 5.41) is 0. The molecule has 1 aliphatic heterocycles. The van der Waals surface area contributed by atoms with Gasteiger partial charge in [0.1, 0.15) is 5.82 Å². The van der Waals surface area contributed by atoms with E-state index in [0.717, 1.165) is 31.7 Å². The molecule has 1 aromatic heterocycles. The molecule has 3 heteroatoms. The zero-order chi connectivity index (χ0) is 9.97. The molecule has 1 aliphatic rings. The van der Waals surface area contributed by atoms with Gasteiger partial charge in [0.15, 0.2) is 0 Å². The molecule has 1 fully saturated rings. The molecule has 0 spiro atoms. The number of hydrogen-bond donors (Lipinski definition) is 1.